The summed E-state index contributed by atoms with van der Waals surface area (Å²) in [5, 5.41) is 10.8. The molecule has 0 spiro atoms. The minimum Gasteiger partial charge on any atom is -0.493 e. The molecule has 0 bridgehead atoms. The summed E-state index contributed by atoms with van der Waals surface area (Å²) in [5.74, 6) is 0.0183. The summed E-state index contributed by atoms with van der Waals surface area (Å²) in [5.41, 5.74) is 0.442. The first-order chi connectivity index (χ1) is 11.6. The van der Waals surface area contributed by atoms with Gasteiger partial charge in [-0.3, -0.25) is 0 Å². The Labute approximate surface area is 138 Å². The molecule has 1 heterocycles. The first-order valence-electron chi connectivity index (χ1n) is 7.15. The van der Waals surface area contributed by atoms with E-state index in [9.17, 15) is 14.9 Å². The fraction of sp³-hybridized carbons (Fsp3) is 0.250. The molecule has 0 aliphatic heterocycles. The van der Waals surface area contributed by atoms with Gasteiger partial charge in [0.15, 0.2) is 0 Å². The summed E-state index contributed by atoms with van der Waals surface area (Å²) < 4.78 is 15.5. The fourth-order valence-corrected chi connectivity index (χ4v) is 1.87. The van der Waals surface area contributed by atoms with E-state index in [4.69, 9.17) is 9.47 Å². The predicted octanol–water partition coefficient (Wildman–Crippen LogP) is 2.62. The van der Waals surface area contributed by atoms with Crippen LogP contribution in [0, 0.1) is 10.1 Å². The van der Waals surface area contributed by atoms with E-state index in [1.807, 2.05) is 0 Å². The van der Waals surface area contributed by atoms with Crippen molar-refractivity contribution in [2.45, 2.75) is 6.42 Å². The number of esters is 1. The van der Waals surface area contributed by atoms with Crippen LogP contribution in [-0.2, 0) is 4.74 Å². The van der Waals surface area contributed by atoms with Crippen molar-refractivity contribution < 1.29 is 23.9 Å². The molecule has 0 N–H and O–H groups in total. The van der Waals surface area contributed by atoms with Crippen LogP contribution >= 0.6 is 0 Å². The number of carbonyl (C=O) groups excluding carboxylic acids is 1. The first-order valence-corrected chi connectivity index (χ1v) is 7.15. The van der Waals surface area contributed by atoms with Gasteiger partial charge in [0.1, 0.15) is 11.9 Å². The molecule has 126 valence electrons. The lowest BCUT2D eigenvalue weighted by molar-refractivity contribution is -0.390. The van der Waals surface area contributed by atoms with Crippen LogP contribution in [0.15, 0.2) is 42.6 Å². The molecular formula is C16H16N2O6. The Hall–Kier alpha value is -3.16. The van der Waals surface area contributed by atoms with E-state index in [1.54, 1.807) is 30.3 Å². The second-order valence-corrected chi connectivity index (χ2v) is 4.65. The molecule has 1 aromatic heterocycles. The number of rotatable bonds is 8. The Morgan fingerprint density at radius 1 is 1.17 bits per heavy atom. The van der Waals surface area contributed by atoms with Crippen molar-refractivity contribution in [2.75, 3.05) is 20.3 Å². The van der Waals surface area contributed by atoms with Crippen LogP contribution < -0.4 is 9.47 Å². The molecular weight excluding hydrogens is 316 g/mol. The number of nitrogens with zero attached hydrogens (tertiary/aromatic N) is 2. The molecule has 8 nitrogen and oxygen atoms in total. The van der Waals surface area contributed by atoms with Crippen LogP contribution in [0.5, 0.6) is 11.5 Å². The summed E-state index contributed by atoms with van der Waals surface area (Å²) in [6.07, 6.45) is 1.87. The van der Waals surface area contributed by atoms with Gasteiger partial charge in [0.05, 0.1) is 25.9 Å². The molecule has 0 amide bonds. The number of pyridine rings is 1. The normalized spacial score (nSPS) is 10.0. The topological polar surface area (TPSA) is 101 Å². The Balaban J connectivity index is 1.76. The van der Waals surface area contributed by atoms with E-state index < -0.39 is 10.9 Å². The number of benzene rings is 1. The average molecular weight is 332 g/mol. The van der Waals surface area contributed by atoms with Crippen molar-refractivity contribution in [3.8, 4) is 11.5 Å². The SMILES string of the molecule is COC(=O)c1ccc(OCCCOc2cccnc2[N+](=O)[O-])cc1. The Morgan fingerprint density at radius 2 is 1.88 bits per heavy atom. The third-order valence-corrected chi connectivity index (χ3v) is 3.01. The maximum absolute atomic E-state index is 11.3. The second-order valence-electron chi connectivity index (χ2n) is 4.65. The maximum Gasteiger partial charge on any atom is 0.406 e. The quantitative estimate of drug-likeness (QED) is 0.317. The highest BCUT2D eigenvalue weighted by molar-refractivity contribution is 5.89. The lowest BCUT2D eigenvalue weighted by Gasteiger charge is -2.08. The Kier molecular flexibility index (Phi) is 6.07. The lowest BCUT2D eigenvalue weighted by Crippen LogP contribution is -2.07. The van der Waals surface area contributed by atoms with Gasteiger partial charge in [-0.25, -0.2) is 4.79 Å². The van der Waals surface area contributed by atoms with Crippen LogP contribution in [0.25, 0.3) is 0 Å². The molecule has 2 rings (SSSR count). The number of aromatic nitrogens is 1. The van der Waals surface area contributed by atoms with Gasteiger partial charge in [0, 0.05) is 6.42 Å². The highest BCUT2D eigenvalue weighted by Gasteiger charge is 2.15. The third kappa shape index (κ3) is 4.67. The van der Waals surface area contributed by atoms with Gasteiger partial charge in [-0.15, -0.1) is 0 Å². The molecule has 0 saturated heterocycles. The van der Waals surface area contributed by atoms with Crippen molar-refractivity contribution >= 4 is 11.8 Å². The zero-order valence-electron chi connectivity index (χ0n) is 13.0. The Bertz CT molecular complexity index is 702. The van der Waals surface area contributed by atoms with Gasteiger partial charge in [-0.05, 0) is 46.3 Å². The molecule has 0 aliphatic carbocycles. The van der Waals surface area contributed by atoms with Crippen molar-refractivity contribution in [1.29, 1.82) is 0 Å². The van der Waals surface area contributed by atoms with Crippen LogP contribution in [0.4, 0.5) is 5.82 Å². The van der Waals surface area contributed by atoms with Gasteiger partial charge in [-0.1, -0.05) is 0 Å². The molecule has 0 radical (unpaired) electrons. The largest absolute Gasteiger partial charge is 0.493 e. The van der Waals surface area contributed by atoms with Gasteiger partial charge in [0.25, 0.3) is 0 Å². The molecule has 0 unspecified atom stereocenters. The number of nitro groups is 1. The Morgan fingerprint density at radius 3 is 2.54 bits per heavy atom. The zero-order chi connectivity index (χ0) is 17.4. The van der Waals surface area contributed by atoms with E-state index in [2.05, 4.69) is 9.72 Å². The molecule has 24 heavy (non-hydrogen) atoms. The van der Waals surface area contributed by atoms with Crippen molar-refractivity contribution in [3.63, 3.8) is 0 Å². The molecule has 1 aromatic carbocycles. The van der Waals surface area contributed by atoms with Gasteiger partial charge >= 0.3 is 11.8 Å². The van der Waals surface area contributed by atoms with Crippen LogP contribution in [0.3, 0.4) is 0 Å². The zero-order valence-corrected chi connectivity index (χ0v) is 13.0. The van der Waals surface area contributed by atoms with Crippen LogP contribution in [-0.4, -0.2) is 36.2 Å². The molecule has 8 heteroatoms. The third-order valence-electron chi connectivity index (χ3n) is 3.01. The van der Waals surface area contributed by atoms with E-state index >= 15 is 0 Å². The van der Waals surface area contributed by atoms with Crippen molar-refractivity contribution in [3.05, 3.63) is 58.3 Å². The molecule has 0 aliphatic rings. The highest BCUT2D eigenvalue weighted by Crippen LogP contribution is 2.22. The summed E-state index contributed by atoms with van der Waals surface area (Å²) in [4.78, 5) is 25.2. The second kappa shape index (κ2) is 8.47. The van der Waals surface area contributed by atoms with Crippen LogP contribution in [0.2, 0.25) is 0 Å². The van der Waals surface area contributed by atoms with Crippen molar-refractivity contribution in [2.24, 2.45) is 0 Å². The first kappa shape index (κ1) is 17.2. The van der Waals surface area contributed by atoms with E-state index in [0.29, 0.717) is 24.3 Å². The standard InChI is InChI=1S/C16H16N2O6/c1-22-16(19)12-5-7-13(8-6-12)23-10-3-11-24-14-4-2-9-17-15(14)18(20)21/h2,4-9H,3,10-11H2,1H3. The van der Waals surface area contributed by atoms with Gasteiger partial charge in [0.2, 0.25) is 5.75 Å². The smallest absolute Gasteiger partial charge is 0.406 e. The molecule has 0 fully saturated rings. The summed E-state index contributed by atoms with van der Waals surface area (Å²) >= 11 is 0. The summed E-state index contributed by atoms with van der Waals surface area (Å²) in [7, 11) is 1.32. The number of ether oxygens (including phenoxy) is 3. The number of hydrogen-bond donors (Lipinski definition) is 0. The minimum atomic E-state index is -0.589. The minimum absolute atomic E-state index is 0.130. The van der Waals surface area contributed by atoms with Crippen molar-refractivity contribution in [1.82, 2.24) is 4.98 Å². The van der Waals surface area contributed by atoms with E-state index in [0.717, 1.165) is 0 Å². The maximum atomic E-state index is 11.3. The van der Waals surface area contributed by atoms with E-state index in [-0.39, 0.29) is 18.2 Å². The van der Waals surface area contributed by atoms with Gasteiger partial charge < -0.3 is 24.3 Å². The predicted molar refractivity (Wildman–Crippen MR) is 84.3 cm³/mol. The number of hydrogen-bond acceptors (Lipinski definition) is 7. The number of carbonyl (C=O) groups is 1. The van der Waals surface area contributed by atoms with Crippen LogP contribution in [0.1, 0.15) is 16.8 Å². The highest BCUT2D eigenvalue weighted by atomic mass is 16.6. The molecule has 0 saturated carbocycles. The fourth-order valence-electron chi connectivity index (χ4n) is 1.87. The monoisotopic (exact) mass is 332 g/mol. The molecule has 0 atom stereocenters. The summed E-state index contributed by atoms with van der Waals surface area (Å²) in [6.45, 7) is 0.623. The lowest BCUT2D eigenvalue weighted by atomic mass is 10.2. The number of methoxy groups -OCH3 is 1. The van der Waals surface area contributed by atoms with E-state index in [1.165, 1.54) is 19.4 Å². The average Bonchev–Trinajstić information content (AvgIpc) is 2.61. The van der Waals surface area contributed by atoms with Gasteiger partial charge in [-0.2, -0.15) is 0 Å². The molecule has 2 aromatic rings. The summed E-state index contributed by atoms with van der Waals surface area (Å²) in [6, 6.07) is 9.62.